The molecular formula is C18H31N3O. The number of hydrogen-bond donors (Lipinski definition) is 2. The average Bonchev–Trinajstić information content (AvgIpc) is 2.59. The first-order valence-corrected chi connectivity index (χ1v) is 8.71. The Morgan fingerprint density at radius 3 is 2.36 bits per heavy atom. The van der Waals surface area contributed by atoms with Gasteiger partial charge in [0.1, 0.15) is 0 Å². The molecule has 22 heavy (non-hydrogen) atoms. The van der Waals surface area contributed by atoms with E-state index in [-0.39, 0.29) is 0 Å². The molecule has 0 unspecified atom stereocenters. The van der Waals surface area contributed by atoms with Gasteiger partial charge in [0, 0.05) is 45.0 Å². The van der Waals surface area contributed by atoms with E-state index < -0.39 is 0 Å². The molecule has 2 N–H and O–H groups in total. The largest absolute Gasteiger partial charge is 0.396 e. The minimum absolute atomic E-state index is 0.313. The van der Waals surface area contributed by atoms with Crippen molar-refractivity contribution in [2.45, 2.75) is 32.7 Å². The van der Waals surface area contributed by atoms with Gasteiger partial charge in [-0.1, -0.05) is 19.1 Å². The fraction of sp³-hybridized carbons (Fsp3) is 0.667. The maximum absolute atomic E-state index is 8.74. The van der Waals surface area contributed by atoms with Crippen molar-refractivity contribution in [2.24, 2.45) is 0 Å². The molecule has 0 radical (unpaired) electrons. The Kier molecular flexibility index (Phi) is 7.71. The van der Waals surface area contributed by atoms with Crippen LogP contribution in [0, 0.1) is 0 Å². The minimum Gasteiger partial charge on any atom is -0.396 e. The van der Waals surface area contributed by atoms with Crippen molar-refractivity contribution in [2.75, 3.05) is 50.8 Å². The van der Waals surface area contributed by atoms with Crippen LogP contribution in [0.2, 0.25) is 0 Å². The highest BCUT2D eigenvalue weighted by Gasteiger charge is 2.15. The average molecular weight is 305 g/mol. The summed E-state index contributed by atoms with van der Waals surface area (Å²) < 4.78 is 0. The Bertz CT molecular complexity index is 399. The summed E-state index contributed by atoms with van der Waals surface area (Å²) in [6.07, 6.45) is 3.16. The van der Waals surface area contributed by atoms with Gasteiger partial charge in [0.25, 0.3) is 0 Å². The third-order valence-corrected chi connectivity index (χ3v) is 4.46. The Morgan fingerprint density at radius 2 is 1.73 bits per heavy atom. The molecule has 1 heterocycles. The zero-order chi connectivity index (χ0) is 15.6. The SMILES string of the molecule is CCN1CCN(c2ccc(CNCCCCCO)cc2)CC1. The van der Waals surface area contributed by atoms with Gasteiger partial charge >= 0.3 is 0 Å². The van der Waals surface area contributed by atoms with Gasteiger partial charge < -0.3 is 20.2 Å². The van der Waals surface area contributed by atoms with E-state index in [1.54, 1.807) is 0 Å². The van der Waals surface area contributed by atoms with E-state index in [4.69, 9.17) is 5.11 Å². The zero-order valence-electron chi connectivity index (χ0n) is 13.9. The van der Waals surface area contributed by atoms with Gasteiger partial charge in [-0.25, -0.2) is 0 Å². The normalized spacial score (nSPS) is 16.2. The zero-order valence-corrected chi connectivity index (χ0v) is 13.9. The number of anilines is 1. The third kappa shape index (κ3) is 5.59. The molecule has 2 rings (SSSR count). The summed E-state index contributed by atoms with van der Waals surface area (Å²) in [5.41, 5.74) is 2.69. The summed E-state index contributed by atoms with van der Waals surface area (Å²) in [7, 11) is 0. The van der Waals surface area contributed by atoms with Crippen LogP contribution in [0.4, 0.5) is 5.69 Å². The van der Waals surface area contributed by atoms with Crippen LogP contribution in [0.3, 0.4) is 0 Å². The second-order valence-electron chi connectivity index (χ2n) is 6.05. The Labute approximate surface area is 135 Å². The van der Waals surface area contributed by atoms with Gasteiger partial charge in [0.05, 0.1) is 0 Å². The molecular weight excluding hydrogens is 274 g/mol. The number of aliphatic hydroxyl groups excluding tert-OH is 1. The van der Waals surface area contributed by atoms with Crippen molar-refractivity contribution in [3.8, 4) is 0 Å². The number of unbranched alkanes of at least 4 members (excludes halogenated alkanes) is 2. The molecule has 1 fully saturated rings. The first-order chi connectivity index (χ1) is 10.8. The van der Waals surface area contributed by atoms with Gasteiger partial charge in [-0.3, -0.25) is 0 Å². The highest BCUT2D eigenvalue weighted by atomic mass is 16.2. The molecule has 1 aromatic rings. The number of rotatable bonds is 9. The molecule has 0 bridgehead atoms. The van der Waals surface area contributed by atoms with E-state index in [1.807, 2.05) is 0 Å². The highest BCUT2D eigenvalue weighted by molar-refractivity contribution is 5.48. The molecule has 0 spiro atoms. The quantitative estimate of drug-likeness (QED) is 0.685. The number of benzene rings is 1. The van der Waals surface area contributed by atoms with Crippen LogP contribution in [-0.4, -0.2) is 55.9 Å². The van der Waals surface area contributed by atoms with Crippen LogP contribution in [0.5, 0.6) is 0 Å². The molecule has 124 valence electrons. The van der Waals surface area contributed by atoms with Crippen molar-refractivity contribution in [3.05, 3.63) is 29.8 Å². The molecule has 0 atom stereocenters. The molecule has 0 aromatic heterocycles. The van der Waals surface area contributed by atoms with Crippen molar-refractivity contribution >= 4 is 5.69 Å². The van der Waals surface area contributed by atoms with Gasteiger partial charge in [-0.05, 0) is 50.0 Å². The monoisotopic (exact) mass is 305 g/mol. The third-order valence-electron chi connectivity index (χ3n) is 4.46. The maximum atomic E-state index is 8.74. The van der Waals surface area contributed by atoms with E-state index in [9.17, 15) is 0 Å². The predicted octanol–water partition coefficient (Wildman–Crippen LogP) is 2.08. The topological polar surface area (TPSA) is 38.7 Å². The van der Waals surface area contributed by atoms with Gasteiger partial charge in [-0.2, -0.15) is 0 Å². The van der Waals surface area contributed by atoms with Crippen LogP contribution in [0.1, 0.15) is 31.7 Å². The smallest absolute Gasteiger partial charge is 0.0431 e. The molecule has 4 nitrogen and oxygen atoms in total. The lowest BCUT2D eigenvalue weighted by molar-refractivity contribution is 0.271. The molecule has 1 aliphatic heterocycles. The van der Waals surface area contributed by atoms with Crippen LogP contribution in [0.15, 0.2) is 24.3 Å². The van der Waals surface area contributed by atoms with E-state index in [0.29, 0.717) is 6.61 Å². The molecule has 1 aliphatic rings. The van der Waals surface area contributed by atoms with E-state index in [2.05, 4.69) is 46.3 Å². The summed E-state index contributed by atoms with van der Waals surface area (Å²) in [5.74, 6) is 0. The number of piperazine rings is 1. The molecule has 4 heteroatoms. The lowest BCUT2D eigenvalue weighted by atomic mass is 10.1. The first kappa shape index (κ1) is 17.3. The van der Waals surface area contributed by atoms with Crippen LogP contribution >= 0.6 is 0 Å². The molecule has 1 aromatic carbocycles. The molecule has 1 saturated heterocycles. The summed E-state index contributed by atoms with van der Waals surface area (Å²) >= 11 is 0. The number of hydrogen-bond acceptors (Lipinski definition) is 4. The number of aliphatic hydroxyl groups is 1. The van der Waals surface area contributed by atoms with Gasteiger partial charge in [-0.15, -0.1) is 0 Å². The van der Waals surface area contributed by atoms with Crippen molar-refractivity contribution in [1.29, 1.82) is 0 Å². The predicted molar refractivity (Wildman–Crippen MR) is 93.4 cm³/mol. The first-order valence-electron chi connectivity index (χ1n) is 8.71. The van der Waals surface area contributed by atoms with Crippen LogP contribution in [0.25, 0.3) is 0 Å². The fourth-order valence-corrected chi connectivity index (χ4v) is 2.92. The van der Waals surface area contributed by atoms with Crippen LogP contribution in [-0.2, 0) is 6.54 Å². The second kappa shape index (κ2) is 9.82. The highest BCUT2D eigenvalue weighted by Crippen LogP contribution is 2.17. The van der Waals surface area contributed by atoms with Crippen molar-refractivity contribution < 1.29 is 5.11 Å². The molecule has 0 saturated carbocycles. The maximum Gasteiger partial charge on any atom is 0.0431 e. The van der Waals surface area contributed by atoms with Crippen LogP contribution < -0.4 is 10.2 Å². The lowest BCUT2D eigenvalue weighted by Crippen LogP contribution is -2.46. The number of likely N-dealkylation sites (N-methyl/N-ethyl adjacent to an activating group) is 1. The summed E-state index contributed by atoms with van der Waals surface area (Å²) in [5, 5.41) is 12.2. The molecule has 0 amide bonds. The summed E-state index contributed by atoms with van der Waals surface area (Å²) in [6, 6.07) is 8.99. The van der Waals surface area contributed by atoms with E-state index in [1.165, 1.54) is 24.3 Å². The second-order valence-corrected chi connectivity index (χ2v) is 6.05. The summed E-state index contributed by atoms with van der Waals surface area (Å²) in [6.45, 7) is 10.3. The van der Waals surface area contributed by atoms with Crippen molar-refractivity contribution in [1.82, 2.24) is 10.2 Å². The van der Waals surface area contributed by atoms with E-state index in [0.717, 1.165) is 52.0 Å². The van der Waals surface area contributed by atoms with E-state index >= 15 is 0 Å². The number of nitrogens with zero attached hydrogens (tertiary/aromatic N) is 2. The Morgan fingerprint density at radius 1 is 1.00 bits per heavy atom. The van der Waals surface area contributed by atoms with Gasteiger partial charge in [0.2, 0.25) is 0 Å². The number of nitrogens with one attached hydrogen (secondary N) is 1. The van der Waals surface area contributed by atoms with Crippen molar-refractivity contribution in [3.63, 3.8) is 0 Å². The molecule has 0 aliphatic carbocycles. The Balaban J connectivity index is 1.69. The Hall–Kier alpha value is -1.10. The minimum atomic E-state index is 0.313. The lowest BCUT2D eigenvalue weighted by Gasteiger charge is -2.35. The fourth-order valence-electron chi connectivity index (χ4n) is 2.92. The standard InChI is InChI=1S/C18H31N3O/c1-2-20-11-13-21(14-12-20)18-8-6-17(7-9-18)16-19-10-4-3-5-15-22/h6-9,19,22H,2-5,10-16H2,1H3. The van der Waals surface area contributed by atoms with Gasteiger partial charge in [0.15, 0.2) is 0 Å². The summed E-state index contributed by atoms with van der Waals surface area (Å²) in [4.78, 5) is 4.99.